The molecule has 1 N–H and O–H groups in total. The van der Waals surface area contributed by atoms with E-state index in [1.807, 2.05) is 30.3 Å². The highest BCUT2D eigenvalue weighted by molar-refractivity contribution is 7.92. The van der Waals surface area contributed by atoms with Crippen LogP contribution in [-0.4, -0.2) is 58.0 Å². The van der Waals surface area contributed by atoms with E-state index in [0.717, 1.165) is 9.87 Å². The Kier molecular flexibility index (Phi) is 11.4. The molecule has 0 aliphatic carbocycles. The first-order valence-electron chi connectivity index (χ1n) is 14.7. The van der Waals surface area contributed by atoms with Crippen molar-refractivity contribution < 1.29 is 31.9 Å². The number of nitrogens with one attached hydrogen (secondary N) is 1. The average molecular weight is 648 g/mol. The Labute approximate surface area is 269 Å². The van der Waals surface area contributed by atoms with Gasteiger partial charge in [0.1, 0.15) is 18.4 Å². The monoisotopic (exact) mass is 647 g/mol. The summed E-state index contributed by atoms with van der Waals surface area (Å²) in [6.45, 7) is 2.62. The second kappa shape index (κ2) is 15.4. The van der Waals surface area contributed by atoms with Crippen molar-refractivity contribution in [3.05, 3.63) is 120 Å². The molecule has 0 aliphatic heterocycles. The number of ether oxygens (including phenoxy) is 2. The number of methoxy groups -OCH3 is 2. The van der Waals surface area contributed by atoms with Crippen LogP contribution >= 0.6 is 0 Å². The second-order valence-corrected chi connectivity index (χ2v) is 12.7. The van der Waals surface area contributed by atoms with Gasteiger partial charge in [-0.25, -0.2) is 12.8 Å². The van der Waals surface area contributed by atoms with E-state index in [-0.39, 0.29) is 40.9 Å². The number of rotatable bonds is 14. The van der Waals surface area contributed by atoms with Gasteiger partial charge in [-0.1, -0.05) is 66.7 Å². The first-order valence-corrected chi connectivity index (χ1v) is 16.2. The van der Waals surface area contributed by atoms with Crippen molar-refractivity contribution in [1.29, 1.82) is 0 Å². The number of carbonyl (C=O) groups is 2. The van der Waals surface area contributed by atoms with E-state index in [1.165, 1.54) is 67.7 Å². The zero-order valence-corrected chi connectivity index (χ0v) is 27.0. The van der Waals surface area contributed by atoms with Crippen molar-refractivity contribution >= 4 is 27.5 Å². The van der Waals surface area contributed by atoms with Gasteiger partial charge >= 0.3 is 0 Å². The average Bonchev–Trinajstić information content (AvgIpc) is 3.06. The van der Waals surface area contributed by atoms with Gasteiger partial charge in [0.25, 0.3) is 10.0 Å². The number of sulfonamides is 1. The van der Waals surface area contributed by atoms with Crippen LogP contribution in [0.4, 0.5) is 10.1 Å². The third-order valence-corrected chi connectivity index (χ3v) is 9.05. The molecule has 0 fully saturated rings. The minimum absolute atomic E-state index is 0.0448. The highest BCUT2D eigenvalue weighted by Gasteiger charge is 2.35. The van der Waals surface area contributed by atoms with Crippen LogP contribution in [0.15, 0.2) is 108 Å². The van der Waals surface area contributed by atoms with Crippen LogP contribution in [-0.2, 0) is 32.6 Å². The number of benzene rings is 4. The number of carbonyl (C=O) groups excluding carboxylic acids is 2. The van der Waals surface area contributed by atoms with Crippen LogP contribution in [0, 0.1) is 5.82 Å². The summed E-state index contributed by atoms with van der Waals surface area (Å²) in [5, 5.41) is 2.88. The Morgan fingerprint density at radius 3 is 2.04 bits per heavy atom. The normalized spacial score (nSPS) is 11.9. The van der Waals surface area contributed by atoms with Crippen molar-refractivity contribution in [2.75, 3.05) is 25.1 Å². The van der Waals surface area contributed by atoms with Gasteiger partial charge in [-0.15, -0.1) is 0 Å². The summed E-state index contributed by atoms with van der Waals surface area (Å²) in [6, 6.07) is 26.0. The lowest BCUT2D eigenvalue weighted by Gasteiger charge is -2.34. The van der Waals surface area contributed by atoms with Gasteiger partial charge in [-0.05, 0) is 49.7 Å². The number of nitrogens with zero attached hydrogens (tertiary/aromatic N) is 2. The molecule has 11 heteroatoms. The Bertz CT molecular complexity index is 1740. The van der Waals surface area contributed by atoms with Crippen molar-refractivity contribution in [3.63, 3.8) is 0 Å². The fourth-order valence-corrected chi connectivity index (χ4v) is 6.40. The molecular formula is C35H38FN3O6S. The molecule has 4 aromatic carbocycles. The predicted octanol–water partition coefficient (Wildman–Crippen LogP) is 5.20. The Balaban J connectivity index is 1.84. The molecule has 2 amide bonds. The fraction of sp³-hybridized carbons (Fsp3) is 0.257. The lowest BCUT2D eigenvalue weighted by molar-refractivity contribution is -0.140. The van der Waals surface area contributed by atoms with Crippen molar-refractivity contribution in [1.82, 2.24) is 10.2 Å². The molecule has 4 rings (SSSR count). The maximum Gasteiger partial charge on any atom is 0.264 e. The van der Waals surface area contributed by atoms with Crippen LogP contribution in [0.3, 0.4) is 0 Å². The molecule has 0 aliphatic rings. The molecule has 242 valence electrons. The molecule has 4 aromatic rings. The maximum absolute atomic E-state index is 15.0. The smallest absolute Gasteiger partial charge is 0.264 e. The zero-order valence-electron chi connectivity index (χ0n) is 26.2. The van der Waals surface area contributed by atoms with Crippen LogP contribution in [0.1, 0.15) is 25.0 Å². The standard InChI is InChI=1S/C35H38FN3O6S/c1-25(2)37-35(41)31(21-26-13-7-5-8-14-26)38(23-27-15-11-12-18-30(27)36)34(40)24-39(46(42,43)29-16-9-6-10-17-29)28-19-20-32(44-3)33(22-28)45-4/h5-20,22,25,31H,21,23-24H2,1-4H3,(H,37,41)/t31-/m1/s1. The maximum atomic E-state index is 15.0. The van der Waals surface area contributed by atoms with E-state index in [0.29, 0.717) is 5.75 Å². The Hall–Kier alpha value is -4.90. The zero-order chi connectivity index (χ0) is 33.3. The van der Waals surface area contributed by atoms with Gasteiger partial charge in [0, 0.05) is 30.6 Å². The summed E-state index contributed by atoms with van der Waals surface area (Å²) < 4.78 is 55.0. The molecule has 46 heavy (non-hydrogen) atoms. The van der Waals surface area contributed by atoms with E-state index in [2.05, 4.69) is 5.32 Å². The highest BCUT2D eigenvalue weighted by atomic mass is 32.2. The number of anilines is 1. The molecule has 0 unspecified atom stereocenters. The predicted molar refractivity (Wildman–Crippen MR) is 175 cm³/mol. The molecular weight excluding hydrogens is 609 g/mol. The lowest BCUT2D eigenvalue weighted by atomic mass is 10.0. The molecule has 1 atom stereocenters. The highest BCUT2D eigenvalue weighted by Crippen LogP contribution is 2.34. The number of hydrogen-bond donors (Lipinski definition) is 1. The van der Waals surface area contributed by atoms with E-state index >= 15 is 4.39 Å². The molecule has 0 heterocycles. The molecule has 0 saturated carbocycles. The van der Waals surface area contributed by atoms with E-state index in [4.69, 9.17) is 9.47 Å². The third-order valence-electron chi connectivity index (χ3n) is 7.27. The molecule has 0 spiro atoms. The molecule has 0 radical (unpaired) electrons. The van der Waals surface area contributed by atoms with Crippen molar-refractivity contribution in [2.24, 2.45) is 0 Å². The number of hydrogen-bond acceptors (Lipinski definition) is 6. The molecule has 0 bridgehead atoms. The Morgan fingerprint density at radius 1 is 0.826 bits per heavy atom. The lowest BCUT2D eigenvalue weighted by Crippen LogP contribution is -2.54. The molecule has 9 nitrogen and oxygen atoms in total. The van der Waals surface area contributed by atoms with Gasteiger partial charge in [0.2, 0.25) is 11.8 Å². The van der Waals surface area contributed by atoms with Crippen LogP contribution < -0.4 is 19.1 Å². The first kappa shape index (κ1) is 34.0. The first-order chi connectivity index (χ1) is 22.0. The third kappa shape index (κ3) is 8.22. The number of amides is 2. The summed E-state index contributed by atoms with van der Waals surface area (Å²) in [5.41, 5.74) is 1.08. The number of halogens is 1. The summed E-state index contributed by atoms with van der Waals surface area (Å²) in [7, 11) is -1.45. The summed E-state index contributed by atoms with van der Waals surface area (Å²) in [4.78, 5) is 29.4. The topological polar surface area (TPSA) is 105 Å². The minimum atomic E-state index is -4.32. The largest absolute Gasteiger partial charge is 0.493 e. The SMILES string of the molecule is COc1ccc(N(CC(=O)N(Cc2ccccc2F)[C@H](Cc2ccccc2)C(=O)NC(C)C)S(=O)(=O)c2ccccc2)cc1OC. The quantitative estimate of drug-likeness (QED) is 0.202. The second-order valence-electron chi connectivity index (χ2n) is 10.8. The van der Waals surface area contributed by atoms with E-state index in [1.54, 1.807) is 38.1 Å². The summed E-state index contributed by atoms with van der Waals surface area (Å²) in [5.74, 6) is -1.10. The van der Waals surface area contributed by atoms with E-state index in [9.17, 15) is 18.0 Å². The van der Waals surface area contributed by atoms with Crippen molar-refractivity contribution in [2.45, 2.75) is 43.8 Å². The summed E-state index contributed by atoms with van der Waals surface area (Å²) in [6.07, 6.45) is 0.112. The van der Waals surface area contributed by atoms with Gasteiger partial charge in [0.05, 0.1) is 24.8 Å². The van der Waals surface area contributed by atoms with Gasteiger partial charge < -0.3 is 19.7 Å². The van der Waals surface area contributed by atoms with Crippen LogP contribution in [0.2, 0.25) is 0 Å². The fourth-order valence-electron chi connectivity index (χ4n) is 4.97. The van der Waals surface area contributed by atoms with Gasteiger partial charge in [-0.3, -0.25) is 13.9 Å². The Morgan fingerprint density at radius 2 is 1.43 bits per heavy atom. The summed E-state index contributed by atoms with van der Waals surface area (Å²) >= 11 is 0. The molecule has 0 aromatic heterocycles. The van der Waals surface area contributed by atoms with E-state index < -0.39 is 40.2 Å². The van der Waals surface area contributed by atoms with Crippen molar-refractivity contribution in [3.8, 4) is 11.5 Å². The van der Waals surface area contributed by atoms with Gasteiger partial charge in [0.15, 0.2) is 11.5 Å². The van der Waals surface area contributed by atoms with Crippen LogP contribution in [0.5, 0.6) is 11.5 Å². The van der Waals surface area contributed by atoms with Gasteiger partial charge in [-0.2, -0.15) is 0 Å². The van der Waals surface area contributed by atoms with Crippen LogP contribution in [0.25, 0.3) is 0 Å². The molecule has 0 saturated heterocycles. The minimum Gasteiger partial charge on any atom is -0.493 e.